The van der Waals surface area contributed by atoms with E-state index in [1.54, 1.807) is 0 Å². The molecular formula is C10H20N2. The Balaban J connectivity index is 1.88. The molecule has 2 heteroatoms. The van der Waals surface area contributed by atoms with Crippen LogP contribution in [0.1, 0.15) is 32.6 Å². The largest absolute Gasteiger partial charge is 0.311 e. The molecule has 0 aromatic carbocycles. The molecule has 2 aliphatic rings. The fraction of sp³-hybridized carbons (Fsp3) is 1.00. The zero-order valence-corrected chi connectivity index (χ0v) is 8.10. The van der Waals surface area contributed by atoms with Crippen LogP contribution in [0.15, 0.2) is 0 Å². The maximum Gasteiger partial charge on any atom is 0.0206 e. The van der Waals surface area contributed by atoms with Crippen molar-refractivity contribution >= 4 is 0 Å². The van der Waals surface area contributed by atoms with Crippen molar-refractivity contribution in [2.45, 2.75) is 38.1 Å². The lowest BCUT2D eigenvalue weighted by Gasteiger charge is -2.39. The monoisotopic (exact) mass is 168 g/mol. The summed E-state index contributed by atoms with van der Waals surface area (Å²) in [6.45, 7) is 7.37. The molecule has 2 fully saturated rings. The minimum Gasteiger partial charge on any atom is -0.311 e. The molecule has 2 rings (SSSR count). The number of nitrogens with one attached hydrogen (secondary N) is 1. The molecule has 0 aromatic heterocycles. The third-order valence-electron chi connectivity index (χ3n) is 3.59. The average Bonchev–Trinajstić information content (AvgIpc) is 2.55. The van der Waals surface area contributed by atoms with E-state index in [4.69, 9.17) is 0 Å². The predicted molar refractivity (Wildman–Crippen MR) is 51.3 cm³/mol. The fourth-order valence-corrected chi connectivity index (χ4v) is 2.59. The third-order valence-corrected chi connectivity index (χ3v) is 3.59. The molecule has 0 bridgehead atoms. The number of rotatable bonds is 1. The molecule has 2 aliphatic heterocycles. The van der Waals surface area contributed by atoms with Crippen LogP contribution < -0.4 is 5.32 Å². The quantitative estimate of drug-likeness (QED) is 0.633. The van der Waals surface area contributed by atoms with E-state index < -0.39 is 0 Å². The first-order valence-corrected chi connectivity index (χ1v) is 5.32. The Morgan fingerprint density at radius 1 is 1.25 bits per heavy atom. The van der Waals surface area contributed by atoms with Crippen LogP contribution in [-0.4, -0.2) is 36.6 Å². The number of likely N-dealkylation sites (tertiary alicyclic amines) is 1. The van der Waals surface area contributed by atoms with Crippen LogP contribution in [0.4, 0.5) is 0 Å². The van der Waals surface area contributed by atoms with Crippen LogP contribution in [0.25, 0.3) is 0 Å². The van der Waals surface area contributed by atoms with Gasteiger partial charge >= 0.3 is 0 Å². The molecule has 0 radical (unpaired) electrons. The summed E-state index contributed by atoms with van der Waals surface area (Å²) >= 11 is 0. The molecule has 0 saturated carbocycles. The van der Waals surface area contributed by atoms with Crippen molar-refractivity contribution in [2.75, 3.05) is 26.2 Å². The topological polar surface area (TPSA) is 15.3 Å². The first-order chi connectivity index (χ1) is 5.85. The van der Waals surface area contributed by atoms with E-state index in [-0.39, 0.29) is 0 Å². The zero-order valence-electron chi connectivity index (χ0n) is 8.10. The lowest BCUT2D eigenvalue weighted by atomic mass is 9.86. The van der Waals surface area contributed by atoms with E-state index >= 15 is 0 Å². The van der Waals surface area contributed by atoms with Crippen molar-refractivity contribution in [2.24, 2.45) is 0 Å². The van der Waals surface area contributed by atoms with E-state index in [0.29, 0.717) is 5.54 Å². The second-order valence-electron chi connectivity index (χ2n) is 4.24. The van der Waals surface area contributed by atoms with Gasteiger partial charge < -0.3 is 10.2 Å². The molecule has 70 valence electrons. The SMILES string of the molecule is CCN1CCC2(CCCN2)CC1. The van der Waals surface area contributed by atoms with Crippen molar-refractivity contribution < 1.29 is 0 Å². The Hall–Kier alpha value is -0.0800. The number of hydrogen-bond donors (Lipinski definition) is 1. The van der Waals surface area contributed by atoms with Gasteiger partial charge in [0, 0.05) is 5.54 Å². The molecular weight excluding hydrogens is 148 g/mol. The molecule has 2 nitrogen and oxygen atoms in total. The van der Waals surface area contributed by atoms with Gasteiger partial charge in [0.05, 0.1) is 0 Å². The maximum atomic E-state index is 3.69. The highest BCUT2D eigenvalue weighted by molar-refractivity contribution is 4.96. The second kappa shape index (κ2) is 3.35. The van der Waals surface area contributed by atoms with Crippen LogP contribution >= 0.6 is 0 Å². The van der Waals surface area contributed by atoms with Gasteiger partial charge in [-0.1, -0.05) is 6.92 Å². The Kier molecular flexibility index (Phi) is 2.37. The van der Waals surface area contributed by atoms with Crippen LogP contribution in [0.3, 0.4) is 0 Å². The highest BCUT2D eigenvalue weighted by Gasteiger charge is 2.35. The van der Waals surface area contributed by atoms with E-state index in [2.05, 4.69) is 17.1 Å². The summed E-state index contributed by atoms with van der Waals surface area (Å²) in [5, 5.41) is 3.69. The first-order valence-electron chi connectivity index (χ1n) is 5.32. The first kappa shape index (κ1) is 8.52. The van der Waals surface area contributed by atoms with Crippen molar-refractivity contribution in [3.8, 4) is 0 Å². The van der Waals surface area contributed by atoms with Crippen molar-refractivity contribution in [1.29, 1.82) is 0 Å². The molecule has 2 saturated heterocycles. The zero-order chi connectivity index (χ0) is 8.44. The van der Waals surface area contributed by atoms with Crippen molar-refractivity contribution in [3.63, 3.8) is 0 Å². The summed E-state index contributed by atoms with van der Waals surface area (Å²) < 4.78 is 0. The Labute approximate surface area is 75.3 Å². The van der Waals surface area contributed by atoms with Gasteiger partial charge in [0.15, 0.2) is 0 Å². The molecule has 0 aromatic rings. The molecule has 1 N–H and O–H groups in total. The van der Waals surface area contributed by atoms with Gasteiger partial charge in [-0.2, -0.15) is 0 Å². The average molecular weight is 168 g/mol. The van der Waals surface area contributed by atoms with Gasteiger partial charge in [0.1, 0.15) is 0 Å². The van der Waals surface area contributed by atoms with E-state index in [9.17, 15) is 0 Å². The predicted octanol–water partition coefficient (Wildman–Crippen LogP) is 1.22. The second-order valence-corrected chi connectivity index (χ2v) is 4.24. The van der Waals surface area contributed by atoms with Gasteiger partial charge in [-0.05, 0) is 51.9 Å². The summed E-state index contributed by atoms with van der Waals surface area (Å²) in [7, 11) is 0. The lowest BCUT2D eigenvalue weighted by Crippen LogP contribution is -2.49. The van der Waals surface area contributed by atoms with E-state index in [0.717, 1.165) is 0 Å². The normalized spacial score (nSPS) is 29.8. The van der Waals surface area contributed by atoms with Crippen LogP contribution in [0.5, 0.6) is 0 Å². The number of piperidine rings is 1. The van der Waals surface area contributed by atoms with Crippen LogP contribution in [-0.2, 0) is 0 Å². The molecule has 0 atom stereocenters. The van der Waals surface area contributed by atoms with Gasteiger partial charge in [-0.3, -0.25) is 0 Å². The summed E-state index contributed by atoms with van der Waals surface area (Å²) in [6, 6.07) is 0. The standard InChI is InChI=1S/C10H20N2/c1-2-12-8-5-10(6-9-12)4-3-7-11-10/h11H,2-9H2,1H3. The highest BCUT2D eigenvalue weighted by Crippen LogP contribution is 2.30. The fourth-order valence-electron chi connectivity index (χ4n) is 2.59. The smallest absolute Gasteiger partial charge is 0.0206 e. The van der Waals surface area contributed by atoms with E-state index in [1.807, 2.05) is 0 Å². The van der Waals surface area contributed by atoms with Gasteiger partial charge in [0.2, 0.25) is 0 Å². The van der Waals surface area contributed by atoms with Gasteiger partial charge in [-0.25, -0.2) is 0 Å². The van der Waals surface area contributed by atoms with Crippen LogP contribution in [0.2, 0.25) is 0 Å². The summed E-state index contributed by atoms with van der Waals surface area (Å²) in [5.74, 6) is 0. The Morgan fingerprint density at radius 2 is 2.00 bits per heavy atom. The minimum absolute atomic E-state index is 0.561. The summed E-state index contributed by atoms with van der Waals surface area (Å²) in [6.07, 6.45) is 5.57. The van der Waals surface area contributed by atoms with E-state index in [1.165, 1.54) is 51.9 Å². The molecule has 2 heterocycles. The lowest BCUT2D eigenvalue weighted by molar-refractivity contribution is 0.154. The summed E-state index contributed by atoms with van der Waals surface area (Å²) in [4.78, 5) is 2.56. The molecule has 1 spiro atoms. The molecule has 0 aliphatic carbocycles. The molecule has 0 unspecified atom stereocenters. The minimum atomic E-state index is 0.561. The summed E-state index contributed by atoms with van der Waals surface area (Å²) in [5.41, 5.74) is 0.561. The van der Waals surface area contributed by atoms with Crippen LogP contribution in [0, 0.1) is 0 Å². The van der Waals surface area contributed by atoms with Crippen molar-refractivity contribution in [1.82, 2.24) is 10.2 Å². The highest BCUT2D eigenvalue weighted by atomic mass is 15.2. The maximum absolute atomic E-state index is 3.69. The Bertz CT molecular complexity index is 140. The number of nitrogens with zero attached hydrogens (tertiary/aromatic N) is 1. The van der Waals surface area contributed by atoms with Gasteiger partial charge in [0.25, 0.3) is 0 Å². The number of hydrogen-bond acceptors (Lipinski definition) is 2. The van der Waals surface area contributed by atoms with Crippen molar-refractivity contribution in [3.05, 3.63) is 0 Å². The Morgan fingerprint density at radius 3 is 2.50 bits per heavy atom. The molecule has 12 heavy (non-hydrogen) atoms. The third kappa shape index (κ3) is 1.50. The molecule has 0 amide bonds. The van der Waals surface area contributed by atoms with Gasteiger partial charge in [-0.15, -0.1) is 0 Å².